The third-order valence-electron chi connectivity index (χ3n) is 8.69. The number of rotatable bonds is 3. The highest BCUT2D eigenvalue weighted by molar-refractivity contribution is 6.04. The SMILES string of the molecule is CC1(C)c2ccccc2-c2c(O)c3c(c(N(c4ccccc4)c4ccccc4)c21)C(C)(C)c1ccccc1-3. The summed E-state index contributed by atoms with van der Waals surface area (Å²) in [5.74, 6) is 0.399. The molecule has 0 saturated carbocycles. The van der Waals surface area contributed by atoms with E-state index >= 15 is 0 Å². The molecule has 0 bridgehead atoms. The van der Waals surface area contributed by atoms with Crippen molar-refractivity contribution in [2.75, 3.05) is 4.90 Å². The summed E-state index contributed by atoms with van der Waals surface area (Å²) in [4.78, 5) is 2.42. The van der Waals surface area contributed by atoms with Crippen LogP contribution in [0.25, 0.3) is 22.3 Å². The first-order valence-electron chi connectivity index (χ1n) is 13.4. The minimum absolute atomic E-state index is 0.305. The molecule has 0 atom stereocenters. The zero-order chi connectivity index (χ0) is 26.2. The normalized spacial score (nSPS) is 15.4. The van der Waals surface area contributed by atoms with Crippen LogP contribution in [0.2, 0.25) is 0 Å². The molecule has 5 aromatic carbocycles. The van der Waals surface area contributed by atoms with Gasteiger partial charge in [-0.05, 0) is 57.6 Å². The number of phenolic OH excluding ortho intramolecular Hbond substituents is 1. The molecule has 2 heteroatoms. The highest BCUT2D eigenvalue weighted by atomic mass is 16.3. The van der Waals surface area contributed by atoms with Crippen LogP contribution in [0.5, 0.6) is 5.75 Å². The summed E-state index contributed by atoms with van der Waals surface area (Å²) in [6.07, 6.45) is 0. The fraction of sp³-hybridized carbons (Fsp3) is 0.167. The Morgan fingerprint density at radius 2 is 0.868 bits per heavy atom. The first-order chi connectivity index (χ1) is 18.3. The van der Waals surface area contributed by atoms with Crippen LogP contribution in [0, 0.1) is 0 Å². The Morgan fingerprint density at radius 3 is 1.29 bits per heavy atom. The van der Waals surface area contributed by atoms with Crippen LogP contribution in [0.15, 0.2) is 109 Å². The third-order valence-corrected chi connectivity index (χ3v) is 8.69. The van der Waals surface area contributed by atoms with Gasteiger partial charge < -0.3 is 10.0 Å². The van der Waals surface area contributed by atoms with Crippen molar-refractivity contribution in [2.45, 2.75) is 38.5 Å². The van der Waals surface area contributed by atoms with Crippen LogP contribution in [-0.4, -0.2) is 5.11 Å². The van der Waals surface area contributed by atoms with Crippen molar-refractivity contribution < 1.29 is 5.11 Å². The number of aromatic hydroxyl groups is 1. The third kappa shape index (κ3) is 2.89. The second kappa shape index (κ2) is 7.85. The van der Waals surface area contributed by atoms with E-state index < -0.39 is 0 Å². The molecule has 2 nitrogen and oxygen atoms in total. The molecule has 0 amide bonds. The molecular weight excluding hydrogens is 462 g/mol. The number of fused-ring (bicyclic) bond motifs is 6. The van der Waals surface area contributed by atoms with Gasteiger partial charge in [0.05, 0.1) is 5.69 Å². The van der Waals surface area contributed by atoms with E-state index in [4.69, 9.17) is 0 Å². The number of benzene rings is 5. The van der Waals surface area contributed by atoms with E-state index in [1.165, 1.54) is 27.9 Å². The average molecular weight is 494 g/mol. The van der Waals surface area contributed by atoms with Crippen LogP contribution < -0.4 is 4.90 Å². The monoisotopic (exact) mass is 493 g/mol. The Hall–Kier alpha value is -4.30. The average Bonchev–Trinajstić information content (AvgIpc) is 3.33. The van der Waals surface area contributed by atoms with Crippen molar-refractivity contribution in [3.8, 4) is 28.0 Å². The van der Waals surface area contributed by atoms with Gasteiger partial charge >= 0.3 is 0 Å². The maximum absolute atomic E-state index is 12.2. The molecule has 0 saturated heterocycles. The summed E-state index contributed by atoms with van der Waals surface area (Å²) >= 11 is 0. The van der Waals surface area contributed by atoms with Gasteiger partial charge in [-0.3, -0.25) is 0 Å². The van der Waals surface area contributed by atoms with E-state index in [1.54, 1.807) is 0 Å². The van der Waals surface area contributed by atoms with Crippen molar-refractivity contribution >= 4 is 17.1 Å². The molecule has 186 valence electrons. The van der Waals surface area contributed by atoms with Gasteiger partial charge in [-0.25, -0.2) is 0 Å². The van der Waals surface area contributed by atoms with Crippen LogP contribution in [0.4, 0.5) is 17.1 Å². The zero-order valence-electron chi connectivity index (χ0n) is 22.3. The Balaban J connectivity index is 1.71. The number of hydrogen-bond acceptors (Lipinski definition) is 2. The lowest BCUT2D eigenvalue weighted by atomic mass is 9.75. The van der Waals surface area contributed by atoms with E-state index in [-0.39, 0.29) is 10.8 Å². The fourth-order valence-corrected chi connectivity index (χ4v) is 7.01. The quantitative estimate of drug-likeness (QED) is 0.270. The van der Waals surface area contributed by atoms with Gasteiger partial charge in [0, 0.05) is 33.3 Å². The number of phenols is 1. The highest BCUT2D eigenvalue weighted by Gasteiger charge is 2.48. The molecule has 0 heterocycles. The molecule has 5 aromatic rings. The van der Waals surface area contributed by atoms with Crippen LogP contribution in [-0.2, 0) is 10.8 Å². The standard InChI is InChI=1S/C36H31NO/c1-35(2)27-21-13-11-19-25(27)29-31(35)33(37(23-15-7-5-8-16-23)24-17-9-6-10-18-24)32-30(34(29)38)26-20-12-14-22-28(26)36(32,3)4/h5-22,38H,1-4H3. The molecule has 0 aliphatic heterocycles. The van der Waals surface area contributed by atoms with Crippen molar-refractivity contribution in [3.63, 3.8) is 0 Å². The fourth-order valence-electron chi connectivity index (χ4n) is 7.01. The summed E-state index contributed by atoms with van der Waals surface area (Å²) in [6.45, 7) is 9.21. The van der Waals surface area contributed by atoms with E-state index in [0.29, 0.717) is 5.75 Å². The number of nitrogens with zero attached hydrogens (tertiary/aromatic N) is 1. The molecule has 0 unspecified atom stereocenters. The lowest BCUT2D eigenvalue weighted by molar-refractivity contribution is 0.477. The minimum Gasteiger partial charge on any atom is -0.507 e. The predicted octanol–water partition coefficient (Wildman–Crippen LogP) is 9.47. The summed E-state index contributed by atoms with van der Waals surface area (Å²) in [7, 11) is 0. The van der Waals surface area contributed by atoms with Gasteiger partial charge in [0.2, 0.25) is 0 Å². The van der Waals surface area contributed by atoms with Gasteiger partial charge in [0.25, 0.3) is 0 Å². The van der Waals surface area contributed by atoms with Crippen molar-refractivity contribution in [1.82, 2.24) is 0 Å². The van der Waals surface area contributed by atoms with Crippen molar-refractivity contribution in [1.29, 1.82) is 0 Å². The molecule has 2 aliphatic rings. The maximum atomic E-state index is 12.2. The van der Waals surface area contributed by atoms with Crippen LogP contribution >= 0.6 is 0 Å². The van der Waals surface area contributed by atoms with Gasteiger partial charge in [-0.1, -0.05) is 113 Å². The van der Waals surface area contributed by atoms with Gasteiger partial charge in [0.1, 0.15) is 5.75 Å². The molecule has 7 rings (SSSR count). The molecule has 0 fully saturated rings. The first-order valence-corrected chi connectivity index (χ1v) is 13.4. The number of anilines is 3. The summed E-state index contributed by atoms with van der Waals surface area (Å²) < 4.78 is 0. The van der Waals surface area contributed by atoms with E-state index in [9.17, 15) is 5.11 Å². The van der Waals surface area contributed by atoms with Gasteiger partial charge in [0.15, 0.2) is 0 Å². The van der Waals surface area contributed by atoms with E-state index in [2.05, 4.69) is 142 Å². The Kier molecular flexibility index (Phi) is 4.72. The Bertz CT molecular complexity index is 1590. The minimum atomic E-state index is -0.305. The maximum Gasteiger partial charge on any atom is 0.132 e. The Labute approximate surface area is 224 Å². The van der Waals surface area contributed by atoms with E-state index in [1.807, 2.05) is 0 Å². The molecule has 0 spiro atoms. The predicted molar refractivity (Wildman–Crippen MR) is 158 cm³/mol. The largest absolute Gasteiger partial charge is 0.507 e. The molecule has 0 aromatic heterocycles. The van der Waals surface area contributed by atoms with Gasteiger partial charge in [-0.2, -0.15) is 0 Å². The van der Waals surface area contributed by atoms with Crippen molar-refractivity contribution in [3.05, 3.63) is 131 Å². The molecule has 38 heavy (non-hydrogen) atoms. The van der Waals surface area contributed by atoms with Crippen molar-refractivity contribution in [2.24, 2.45) is 0 Å². The van der Waals surface area contributed by atoms with Gasteiger partial charge in [-0.15, -0.1) is 0 Å². The van der Waals surface area contributed by atoms with Crippen LogP contribution in [0.3, 0.4) is 0 Å². The second-order valence-corrected chi connectivity index (χ2v) is 11.5. The summed E-state index contributed by atoms with van der Waals surface area (Å²) in [5, 5.41) is 12.2. The molecule has 1 N–H and O–H groups in total. The smallest absolute Gasteiger partial charge is 0.132 e. The van der Waals surface area contributed by atoms with Crippen LogP contribution in [0.1, 0.15) is 49.9 Å². The lowest BCUT2D eigenvalue weighted by Crippen LogP contribution is -2.26. The zero-order valence-corrected chi connectivity index (χ0v) is 22.3. The topological polar surface area (TPSA) is 23.5 Å². The summed E-state index contributed by atoms with van der Waals surface area (Å²) in [6, 6.07) is 38.4. The van der Waals surface area contributed by atoms with E-state index in [0.717, 1.165) is 33.6 Å². The highest BCUT2D eigenvalue weighted by Crippen LogP contribution is 2.65. The molecule has 2 aliphatic carbocycles. The Morgan fingerprint density at radius 1 is 0.500 bits per heavy atom. The first kappa shape index (κ1) is 22.9. The number of hydrogen-bond donors (Lipinski definition) is 1. The number of para-hydroxylation sites is 2. The molecule has 0 radical (unpaired) electrons. The molecular formula is C36H31NO. The summed E-state index contributed by atoms with van der Waals surface area (Å²) in [5.41, 5.74) is 11.8. The second-order valence-electron chi connectivity index (χ2n) is 11.5. The lowest BCUT2D eigenvalue weighted by Gasteiger charge is -2.37.